The summed E-state index contributed by atoms with van der Waals surface area (Å²) in [6, 6.07) is 5.81. The molecule has 5 heteroatoms. The molecule has 0 aromatic heterocycles. The number of hydrogen-bond acceptors (Lipinski definition) is 3. The Morgan fingerprint density at radius 1 is 0.750 bits per heavy atom. The van der Waals surface area contributed by atoms with E-state index in [1.165, 1.54) is 37.8 Å². The van der Waals surface area contributed by atoms with Crippen LogP contribution in [0.1, 0.15) is 81.5 Å². The van der Waals surface area contributed by atoms with E-state index in [2.05, 4.69) is 55.5 Å². The van der Waals surface area contributed by atoms with Gasteiger partial charge in [-0.15, -0.1) is 0 Å². The summed E-state index contributed by atoms with van der Waals surface area (Å²) in [5, 5.41) is 25.8. The number of unbranched alkanes of at least 4 members (excludes halogenated alkanes) is 4. The number of carboxylic acids is 2. The highest BCUT2D eigenvalue weighted by Gasteiger charge is 2.05. The third-order valence-electron chi connectivity index (χ3n) is 4.35. The Kier molecular flexibility index (Phi) is 19.1. The predicted molar refractivity (Wildman–Crippen MR) is 131 cm³/mol. The van der Waals surface area contributed by atoms with E-state index in [-0.39, 0.29) is 17.7 Å². The van der Waals surface area contributed by atoms with E-state index in [0.717, 1.165) is 32.1 Å². The van der Waals surface area contributed by atoms with Gasteiger partial charge in [-0.05, 0) is 57.1 Å². The molecule has 1 aromatic rings. The molecule has 176 valence electrons. The van der Waals surface area contributed by atoms with Gasteiger partial charge in [-0.25, -0.2) is 4.79 Å². The Balaban J connectivity index is 0.000000792. The van der Waals surface area contributed by atoms with Gasteiger partial charge in [0.2, 0.25) is 0 Å². The van der Waals surface area contributed by atoms with Gasteiger partial charge in [-0.3, -0.25) is 4.79 Å². The van der Waals surface area contributed by atoms with Crippen molar-refractivity contribution >= 4 is 11.9 Å². The van der Waals surface area contributed by atoms with Gasteiger partial charge >= 0.3 is 11.9 Å². The van der Waals surface area contributed by atoms with Crippen molar-refractivity contribution < 1.29 is 24.9 Å². The summed E-state index contributed by atoms with van der Waals surface area (Å²) in [6.45, 7) is 2.23. The maximum absolute atomic E-state index is 10.3. The van der Waals surface area contributed by atoms with Gasteiger partial charge in [-0.2, -0.15) is 0 Å². The Morgan fingerprint density at radius 3 is 1.69 bits per heavy atom. The molecule has 1 aromatic carbocycles. The van der Waals surface area contributed by atoms with Crippen LogP contribution in [0.25, 0.3) is 0 Å². The van der Waals surface area contributed by atoms with E-state index in [1.54, 1.807) is 12.1 Å². The van der Waals surface area contributed by atoms with E-state index in [4.69, 9.17) is 15.3 Å². The van der Waals surface area contributed by atoms with Crippen molar-refractivity contribution in [2.75, 3.05) is 0 Å². The minimum Gasteiger partial charge on any atom is -0.507 e. The number of aromatic carboxylic acids is 1. The van der Waals surface area contributed by atoms with E-state index >= 15 is 0 Å². The van der Waals surface area contributed by atoms with Gasteiger partial charge in [-0.1, -0.05) is 80.5 Å². The predicted octanol–water partition coefficient (Wildman–Crippen LogP) is 7.31. The van der Waals surface area contributed by atoms with Crippen molar-refractivity contribution in [3.8, 4) is 5.75 Å². The van der Waals surface area contributed by atoms with Crippen molar-refractivity contribution in [1.82, 2.24) is 0 Å². The first-order valence-corrected chi connectivity index (χ1v) is 11.3. The zero-order valence-electron chi connectivity index (χ0n) is 19.2. The molecule has 1 rings (SSSR count). The highest BCUT2D eigenvalue weighted by molar-refractivity contribution is 5.90. The molecule has 0 amide bonds. The summed E-state index contributed by atoms with van der Waals surface area (Å²) in [7, 11) is 0. The maximum Gasteiger partial charge on any atom is 0.339 e. The molecule has 0 saturated heterocycles. The van der Waals surface area contributed by atoms with Crippen LogP contribution in [-0.2, 0) is 4.79 Å². The van der Waals surface area contributed by atoms with Crippen LogP contribution in [0, 0.1) is 0 Å². The van der Waals surface area contributed by atoms with Crippen LogP contribution in [0.2, 0.25) is 0 Å². The van der Waals surface area contributed by atoms with Crippen LogP contribution in [0.3, 0.4) is 0 Å². The maximum atomic E-state index is 10.3. The molecule has 0 saturated carbocycles. The highest BCUT2D eigenvalue weighted by Crippen LogP contribution is 2.14. The topological polar surface area (TPSA) is 94.8 Å². The van der Waals surface area contributed by atoms with E-state index in [1.807, 2.05) is 0 Å². The largest absolute Gasteiger partial charge is 0.507 e. The summed E-state index contributed by atoms with van der Waals surface area (Å²) in [4.78, 5) is 20.6. The summed E-state index contributed by atoms with van der Waals surface area (Å²) < 4.78 is 0. The lowest BCUT2D eigenvalue weighted by Crippen LogP contribution is -1.95. The second kappa shape index (κ2) is 21.2. The lowest BCUT2D eigenvalue weighted by atomic mass is 10.2. The fourth-order valence-electron chi connectivity index (χ4n) is 2.59. The molecule has 0 aliphatic rings. The molecule has 5 nitrogen and oxygen atoms in total. The van der Waals surface area contributed by atoms with E-state index in [0.29, 0.717) is 0 Å². The van der Waals surface area contributed by atoms with Crippen LogP contribution in [0.5, 0.6) is 5.75 Å². The number of benzene rings is 1. The number of phenols is 1. The van der Waals surface area contributed by atoms with Crippen LogP contribution in [0.4, 0.5) is 0 Å². The van der Waals surface area contributed by atoms with Crippen molar-refractivity contribution in [3.05, 3.63) is 78.4 Å². The van der Waals surface area contributed by atoms with Crippen molar-refractivity contribution in [3.63, 3.8) is 0 Å². The summed E-state index contributed by atoms with van der Waals surface area (Å²) >= 11 is 0. The minimum atomic E-state index is -1.11. The van der Waals surface area contributed by atoms with Gasteiger partial charge < -0.3 is 15.3 Å². The molecule has 0 unspecified atom stereocenters. The Morgan fingerprint density at radius 2 is 1.25 bits per heavy atom. The fraction of sp³-hybridized carbons (Fsp3) is 0.407. The van der Waals surface area contributed by atoms with Crippen LogP contribution in [-0.4, -0.2) is 27.3 Å². The molecule has 0 atom stereocenters. The fourth-order valence-corrected chi connectivity index (χ4v) is 2.59. The summed E-state index contributed by atoms with van der Waals surface area (Å²) in [5.74, 6) is -2.02. The Hall–Kier alpha value is -3.08. The first kappa shape index (κ1) is 28.9. The molecule has 0 spiro atoms. The second-order valence-corrected chi connectivity index (χ2v) is 7.20. The standard InChI is InChI=1S/C20H32O2.C7H6O3/c1-2-3-4-5-6-7-8-9-10-11-12-13-14-15-16-17-18-19-20(21)22;8-6-4-2-1-3-5(6)7(9)10/h6-7,9-10,12-13,15-16H,2-5,8,11,14,17-19H2,1H3,(H,21,22);1-4,8H,(H,9,10). The first-order valence-electron chi connectivity index (χ1n) is 11.3. The number of carbonyl (C=O) groups is 2. The van der Waals surface area contributed by atoms with Crippen LogP contribution >= 0.6 is 0 Å². The number of carboxylic acid groups (broad SMARTS) is 2. The zero-order chi connectivity index (χ0) is 23.9. The van der Waals surface area contributed by atoms with Gasteiger partial charge in [0.05, 0.1) is 0 Å². The third-order valence-corrected chi connectivity index (χ3v) is 4.35. The minimum absolute atomic E-state index is 0.0671. The summed E-state index contributed by atoms with van der Waals surface area (Å²) in [6.07, 6.45) is 27.3. The Bertz CT molecular complexity index is 744. The first-order chi connectivity index (χ1) is 15.5. The van der Waals surface area contributed by atoms with Gasteiger partial charge in [0.25, 0.3) is 0 Å². The van der Waals surface area contributed by atoms with Crippen molar-refractivity contribution in [2.45, 2.75) is 71.1 Å². The Labute approximate surface area is 192 Å². The van der Waals surface area contributed by atoms with E-state index < -0.39 is 11.9 Å². The normalized spacial score (nSPS) is 11.4. The number of allylic oxidation sites excluding steroid dienone is 8. The molecule has 0 heterocycles. The van der Waals surface area contributed by atoms with Crippen LogP contribution < -0.4 is 0 Å². The number of rotatable bonds is 15. The molecule has 0 bridgehead atoms. The average molecular weight is 443 g/mol. The van der Waals surface area contributed by atoms with Gasteiger partial charge in [0.1, 0.15) is 11.3 Å². The number of para-hydroxylation sites is 1. The molecule has 0 radical (unpaired) electrons. The monoisotopic (exact) mass is 442 g/mol. The smallest absolute Gasteiger partial charge is 0.339 e. The molecule has 3 N–H and O–H groups in total. The summed E-state index contributed by atoms with van der Waals surface area (Å²) in [5.41, 5.74) is -0.0671. The molecular weight excluding hydrogens is 404 g/mol. The molecule has 32 heavy (non-hydrogen) atoms. The highest BCUT2D eigenvalue weighted by atomic mass is 16.4. The van der Waals surface area contributed by atoms with Crippen molar-refractivity contribution in [2.24, 2.45) is 0 Å². The quantitative estimate of drug-likeness (QED) is 0.195. The number of hydrogen-bond donors (Lipinski definition) is 3. The number of aliphatic carboxylic acids is 1. The zero-order valence-corrected chi connectivity index (χ0v) is 19.2. The van der Waals surface area contributed by atoms with Gasteiger partial charge in [0, 0.05) is 6.42 Å². The molecule has 0 aliphatic heterocycles. The lowest BCUT2D eigenvalue weighted by molar-refractivity contribution is -0.137. The average Bonchev–Trinajstić information content (AvgIpc) is 2.76. The van der Waals surface area contributed by atoms with Crippen LogP contribution in [0.15, 0.2) is 72.9 Å². The third kappa shape index (κ3) is 18.9. The lowest BCUT2D eigenvalue weighted by Gasteiger charge is -1.95. The molecule has 0 fully saturated rings. The van der Waals surface area contributed by atoms with Gasteiger partial charge in [0.15, 0.2) is 0 Å². The van der Waals surface area contributed by atoms with Crippen molar-refractivity contribution in [1.29, 1.82) is 0 Å². The second-order valence-electron chi connectivity index (χ2n) is 7.20. The SMILES string of the molecule is CCCCCC=CCC=CCC=CCC=CCCCC(=O)O.O=C(O)c1ccccc1O. The molecular formula is C27H38O5. The molecule has 0 aliphatic carbocycles. The van der Waals surface area contributed by atoms with E-state index in [9.17, 15) is 9.59 Å². The number of aromatic hydroxyl groups is 1.